The van der Waals surface area contributed by atoms with Crippen molar-refractivity contribution in [2.45, 2.75) is 4.90 Å². The van der Waals surface area contributed by atoms with Gasteiger partial charge in [-0.05, 0) is 40.2 Å². The standard InChI is InChI=1S/C19H16BrN5O2S/c1-24(2)13-22-28(26,27)16-10-8-15(9-11-16)25-19(14-6-4-3-5-7-14)18(20)17(12-21)23-25/h3-11,13H,1-2H3. The summed E-state index contributed by atoms with van der Waals surface area (Å²) in [6, 6.07) is 17.8. The molecule has 0 atom stereocenters. The number of nitrogens with zero attached hydrogens (tertiary/aromatic N) is 5. The Labute approximate surface area is 171 Å². The number of sulfonamides is 1. The molecular weight excluding hydrogens is 442 g/mol. The second kappa shape index (κ2) is 7.96. The lowest BCUT2D eigenvalue weighted by Crippen LogP contribution is -2.10. The predicted molar refractivity (Wildman–Crippen MR) is 111 cm³/mol. The molecule has 9 heteroatoms. The van der Waals surface area contributed by atoms with Crippen LogP contribution in [0.25, 0.3) is 16.9 Å². The Balaban J connectivity index is 2.07. The fraction of sp³-hybridized carbons (Fsp3) is 0.105. The summed E-state index contributed by atoms with van der Waals surface area (Å²) in [4.78, 5) is 1.62. The number of benzene rings is 2. The van der Waals surface area contributed by atoms with Crippen molar-refractivity contribution in [3.63, 3.8) is 0 Å². The van der Waals surface area contributed by atoms with Crippen molar-refractivity contribution in [1.29, 1.82) is 5.26 Å². The molecule has 0 spiro atoms. The summed E-state index contributed by atoms with van der Waals surface area (Å²) < 4.78 is 30.4. The van der Waals surface area contributed by atoms with E-state index in [1.165, 1.54) is 18.5 Å². The maximum Gasteiger partial charge on any atom is 0.283 e. The Bertz CT molecular complexity index is 1160. The summed E-state index contributed by atoms with van der Waals surface area (Å²) >= 11 is 3.45. The van der Waals surface area contributed by atoms with Crippen molar-refractivity contribution >= 4 is 32.3 Å². The summed E-state index contributed by atoms with van der Waals surface area (Å²) in [6.07, 6.45) is 1.24. The average Bonchev–Trinajstić information content (AvgIpc) is 3.03. The monoisotopic (exact) mass is 457 g/mol. The molecule has 0 aliphatic heterocycles. The smallest absolute Gasteiger partial charge is 0.283 e. The van der Waals surface area contributed by atoms with Crippen LogP contribution in [0.5, 0.6) is 0 Å². The Morgan fingerprint density at radius 1 is 1.14 bits per heavy atom. The SMILES string of the molecule is CN(C)C=NS(=O)(=O)c1ccc(-n2nc(C#N)c(Br)c2-c2ccccc2)cc1. The molecule has 142 valence electrons. The van der Waals surface area contributed by atoms with E-state index in [0.29, 0.717) is 15.9 Å². The van der Waals surface area contributed by atoms with Gasteiger partial charge in [0.05, 0.1) is 20.7 Å². The van der Waals surface area contributed by atoms with E-state index in [1.54, 1.807) is 35.8 Å². The molecule has 1 heterocycles. The lowest BCUT2D eigenvalue weighted by atomic mass is 10.1. The van der Waals surface area contributed by atoms with E-state index in [2.05, 4.69) is 31.5 Å². The molecule has 0 saturated carbocycles. The van der Waals surface area contributed by atoms with Gasteiger partial charge < -0.3 is 4.90 Å². The van der Waals surface area contributed by atoms with Crippen LogP contribution in [0, 0.1) is 11.3 Å². The molecule has 2 aromatic carbocycles. The molecule has 0 saturated heterocycles. The number of rotatable bonds is 5. The largest absolute Gasteiger partial charge is 0.368 e. The van der Waals surface area contributed by atoms with Crippen LogP contribution in [0.1, 0.15) is 5.69 Å². The van der Waals surface area contributed by atoms with Gasteiger partial charge in [0.15, 0.2) is 5.69 Å². The Kier molecular flexibility index (Phi) is 5.63. The van der Waals surface area contributed by atoms with Crippen molar-refractivity contribution in [2.75, 3.05) is 14.1 Å². The molecule has 0 N–H and O–H groups in total. The molecular formula is C19H16BrN5O2S. The summed E-state index contributed by atoms with van der Waals surface area (Å²) in [7, 11) is -0.408. The van der Waals surface area contributed by atoms with Crippen LogP contribution < -0.4 is 0 Å². The van der Waals surface area contributed by atoms with Gasteiger partial charge in [-0.3, -0.25) is 0 Å². The van der Waals surface area contributed by atoms with Gasteiger partial charge in [0.2, 0.25) is 0 Å². The third kappa shape index (κ3) is 3.98. The van der Waals surface area contributed by atoms with E-state index in [1.807, 2.05) is 30.3 Å². The maximum atomic E-state index is 12.3. The molecule has 3 aromatic rings. The third-order valence-corrected chi connectivity index (χ3v) is 5.77. The molecule has 28 heavy (non-hydrogen) atoms. The molecule has 0 unspecified atom stereocenters. The first kappa shape index (κ1) is 19.8. The number of hydrogen-bond acceptors (Lipinski definition) is 4. The highest BCUT2D eigenvalue weighted by atomic mass is 79.9. The minimum atomic E-state index is -3.79. The van der Waals surface area contributed by atoms with Crippen LogP contribution >= 0.6 is 15.9 Å². The third-order valence-electron chi connectivity index (χ3n) is 3.78. The number of hydrogen-bond donors (Lipinski definition) is 0. The van der Waals surface area contributed by atoms with E-state index in [-0.39, 0.29) is 10.6 Å². The van der Waals surface area contributed by atoms with E-state index in [9.17, 15) is 13.7 Å². The molecule has 0 radical (unpaired) electrons. The van der Waals surface area contributed by atoms with E-state index >= 15 is 0 Å². The van der Waals surface area contributed by atoms with Crippen molar-refractivity contribution < 1.29 is 8.42 Å². The van der Waals surface area contributed by atoms with Crippen LogP contribution in [0.4, 0.5) is 0 Å². The van der Waals surface area contributed by atoms with Crippen LogP contribution in [0.2, 0.25) is 0 Å². The van der Waals surface area contributed by atoms with Gasteiger partial charge in [0.25, 0.3) is 10.0 Å². The molecule has 0 aliphatic rings. The fourth-order valence-electron chi connectivity index (χ4n) is 2.48. The molecule has 7 nitrogen and oxygen atoms in total. The molecule has 3 rings (SSSR count). The van der Waals surface area contributed by atoms with Gasteiger partial charge in [-0.1, -0.05) is 30.3 Å². The van der Waals surface area contributed by atoms with Crippen LogP contribution in [0.15, 0.2) is 68.4 Å². The molecule has 0 amide bonds. The maximum absolute atomic E-state index is 12.3. The van der Waals surface area contributed by atoms with Crippen LogP contribution in [-0.4, -0.2) is 43.5 Å². The highest BCUT2D eigenvalue weighted by molar-refractivity contribution is 9.10. The Morgan fingerprint density at radius 3 is 2.36 bits per heavy atom. The van der Waals surface area contributed by atoms with Crippen molar-refractivity contribution in [3.05, 3.63) is 64.8 Å². The van der Waals surface area contributed by atoms with Gasteiger partial charge in [-0.15, -0.1) is 4.40 Å². The van der Waals surface area contributed by atoms with E-state index in [4.69, 9.17) is 0 Å². The Morgan fingerprint density at radius 2 is 1.79 bits per heavy atom. The van der Waals surface area contributed by atoms with E-state index in [0.717, 1.165) is 5.56 Å². The van der Waals surface area contributed by atoms with E-state index < -0.39 is 10.0 Å². The summed E-state index contributed by atoms with van der Waals surface area (Å²) in [5.74, 6) is 0. The second-order valence-electron chi connectivity index (χ2n) is 6.05. The molecule has 0 fully saturated rings. The first-order chi connectivity index (χ1) is 13.3. The number of halogens is 1. The van der Waals surface area contributed by atoms with Gasteiger partial charge in [0, 0.05) is 19.7 Å². The van der Waals surface area contributed by atoms with Crippen molar-refractivity contribution in [2.24, 2.45) is 4.40 Å². The minimum Gasteiger partial charge on any atom is -0.368 e. The van der Waals surface area contributed by atoms with Crippen LogP contribution in [0.3, 0.4) is 0 Å². The Hall–Kier alpha value is -2.96. The van der Waals surface area contributed by atoms with Crippen molar-refractivity contribution in [3.8, 4) is 23.0 Å². The van der Waals surface area contributed by atoms with Crippen LogP contribution in [-0.2, 0) is 10.0 Å². The fourth-order valence-corrected chi connectivity index (χ4v) is 3.96. The summed E-state index contributed by atoms with van der Waals surface area (Å²) in [5.41, 5.74) is 2.44. The normalized spacial score (nSPS) is 11.5. The predicted octanol–water partition coefficient (Wildman–Crippen LogP) is 3.45. The number of aromatic nitrogens is 2. The summed E-state index contributed by atoms with van der Waals surface area (Å²) in [5, 5.41) is 13.7. The topological polar surface area (TPSA) is 91.3 Å². The zero-order valence-electron chi connectivity index (χ0n) is 15.1. The quantitative estimate of drug-likeness (QED) is 0.432. The highest BCUT2D eigenvalue weighted by Gasteiger charge is 2.19. The lowest BCUT2D eigenvalue weighted by Gasteiger charge is -2.09. The second-order valence-corrected chi connectivity index (χ2v) is 8.48. The van der Waals surface area contributed by atoms with Gasteiger partial charge >= 0.3 is 0 Å². The zero-order valence-corrected chi connectivity index (χ0v) is 17.5. The highest BCUT2D eigenvalue weighted by Crippen LogP contribution is 2.33. The van der Waals surface area contributed by atoms with Gasteiger partial charge in [-0.25, -0.2) is 4.68 Å². The van der Waals surface area contributed by atoms with Gasteiger partial charge in [0.1, 0.15) is 12.4 Å². The first-order valence-electron chi connectivity index (χ1n) is 8.15. The first-order valence-corrected chi connectivity index (χ1v) is 10.4. The minimum absolute atomic E-state index is 0.0716. The van der Waals surface area contributed by atoms with Gasteiger partial charge in [-0.2, -0.15) is 18.8 Å². The average molecular weight is 458 g/mol. The molecule has 1 aromatic heterocycles. The zero-order chi connectivity index (χ0) is 20.3. The summed E-state index contributed by atoms with van der Waals surface area (Å²) in [6.45, 7) is 0. The lowest BCUT2D eigenvalue weighted by molar-refractivity contribution is 0.594. The molecule has 0 aliphatic carbocycles. The number of nitriles is 1. The molecule has 0 bridgehead atoms. The van der Waals surface area contributed by atoms with Crippen molar-refractivity contribution in [1.82, 2.24) is 14.7 Å².